The molecular formula is C30H43N5O6S. The molecule has 2 amide bonds. The van der Waals surface area contributed by atoms with Crippen LogP contribution >= 0.6 is 0 Å². The van der Waals surface area contributed by atoms with Crippen molar-refractivity contribution in [3.63, 3.8) is 0 Å². The average Bonchev–Trinajstić information content (AvgIpc) is 3.12. The monoisotopic (exact) mass is 601 g/mol. The second kappa shape index (κ2) is 13.0. The standard InChI is InChI=1S/C30H43N5O6S/c1-21(2)12-16-35-22-8-10-25-24(19-22)29(32-33(25)3)30(37)31-13-5-15-34(14-4-7-28(35)36)42(38,39)23-9-11-26-27(20-23)41-18-6-17-40-26/h9,11,20-22H,4-8,10,12-19H2,1-3H3,(H,31,37). The molecule has 12 heteroatoms. The van der Waals surface area contributed by atoms with E-state index in [1.165, 1.54) is 10.4 Å². The maximum absolute atomic E-state index is 13.8. The zero-order chi connectivity index (χ0) is 29.9. The third-order valence-electron chi connectivity index (χ3n) is 8.38. The van der Waals surface area contributed by atoms with E-state index in [0.717, 1.165) is 36.9 Å². The number of amides is 2. The number of sulfonamides is 1. The number of nitrogens with one attached hydrogen (secondary N) is 1. The number of fused-ring (bicyclic) bond motifs is 2. The Morgan fingerprint density at radius 1 is 1.05 bits per heavy atom. The van der Waals surface area contributed by atoms with E-state index in [4.69, 9.17) is 9.47 Å². The molecule has 0 spiro atoms. The summed E-state index contributed by atoms with van der Waals surface area (Å²) in [6, 6.07) is 4.68. The fraction of sp³-hybridized carbons (Fsp3) is 0.633. The summed E-state index contributed by atoms with van der Waals surface area (Å²) in [5.41, 5.74) is 2.37. The molecule has 1 N–H and O–H groups in total. The number of aromatic nitrogens is 2. The molecule has 0 saturated heterocycles. The second-order valence-corrected chi connectivity index (χ2v) is 13.8. The van der Waals surface area contributed by atoms with E-state index >= 15 is 0 Å². The highest BCUT2D eigenvalue weighted by molar-refractivity contribution is 7.89. The first-order valence-electron chi connectivity index (χ1n) is 15.2. The number of ether oxygens (including phenoxy) is 2. The van der Waals surface area contributed by atoms with Crippen LogP contribution in [0.25, 0.3) is 0 Å². The molecule has 0 fully saturated rings. The van der Waals surface area contributed by atoms with Crippen molar-refractivity contribution in [3.8, 4) is 11.5 Å². The topological polar surface area (TPSA) is 123 Å². The molecule has 1 atom stereocenters. The molecule has 0 radical (unpaired) electrons. The van der Waals surface area contributed by atoms with Crippen LogP contribution < -0.4 is 14.8 Å². The zero-order valence-electron chi connectivity index (χ0n) is 24.9. The van der Waals surface area contributed by atoms with Gasteiger partial charge in [0.2, 0.25) is 15.9 Å². The minimum absolute atomic E-state index is 0.0220. The highest BCUT2D eigenvalue weighted by Gasteiger charge is 2.34. The Labute approximate surface area is 248 Å². The van der Waals surface area contributed by atoms with Crippen molar-refractivity contribution in [2.45, 2.75) is 76.2 Å². The average molecular weight is 602 g/mol. The van der Waals surface area contributed by atoms with Crippen molar-refractivity contribution >= 4 is 21.8 Å². The van der Waals surface area contributed by atoms with Gasteiger partial charge in [-0.3, -0.25) is 14.3 Å². The molecule has 230 valence electrons. The van der Waals surface area contributed by atoms with Gasteiger partial charge in [-0.05, 0) is 56.6 Å². The first kappa shape index (κ1) is 30.3. The summed E-state index contributed by atoms with van der Waals surface area (Å²) in [5, 5.41) is 7.50. The molecule has 2 bridgehead atoms. The third kappa shape index (κ3) is 6.59. The number of carbonyl (C=O) groups is 2. The van der Waals surface area contributed by atoms with Gasteiger partial charge in [0, 0.05) is 69.4 Å². The molecule has 1 aromatic carbocycles. The van der Waals surface area contributed by atoms with Gasteiger partial charge in [0.05, 0.1) is 18.1 Å². The van der Waals surface area contributed by atoms with Crippen LogP contribution in [0.3, 0.4) is 0 Å². The summed E-state index contributed by atoms with van der Waals surface area (Å²) in [6.45, 7) is 6.60. The summed E-state index contributed by atoms with van der Waals surface area (Å²) in [4.78, 5) is 29.0. The first-order chi connectivity index (χ1) is 20.1. The summed E-state index contributed by atoms with van der Waals surface area (Å²) < 4.78 is 42.3. The number of benzene rings is 1. The molecule has 1 aromatic heterocycles. The summed E-state index contributed by atoms with van der Waals surface area (Å²) in [7, 11) is -2.03. The molecule has 42 heavy (non-hydrogen) atoms. The lowest BCUT2D eigenvalue weighted by Gasteiger charge is -2.35. The summed E-state index contributed by atoms with van der Waals surface area (Å²) in [6.07, 6.45) is 4.84. The van der Waals surface area contributed by atoms with Gasteiger partial charge in [-0.25, -0.2) is 8.42 Å². The quantitative estimate of drug-likeness (QED) is 0.559. The Hall–Kier alpha value is -3.12. The van der Waals surface area contributed by atoms with Crippen LogP contribution in [0, 0.1) is 5.92 Å². The molecule has 0 saturated carbocycles. The molecule has 2 aromatic rings. The molecule has 1 unspecified atom stereocenters. The number of nitrogens with zero attached hydrogens (tertiary/aromatic N) is 4. The molecule has 11 nitrogen and oxygen atoms in total. The van der Waals surface area contributed by atoms with E-state index in [9.17, 15) is 18.0 Å². The molecule has 2 aliphatic heterocycles. The number of rotatable bonds is 5. The Bertz CT molecular complexity index is 1410. The maximum atomic E-state index is 13.8. The van der Waals surface area contributed by atoms with Crippen LogP contribution in [0.5, 0.6) is 11.5 Å². The van der Waals surface area contributed by atoms with Crippen molar-refractivity contribution in [2.24, 2.45) is 13.0 Å². The summed E-state index contributed by atoms with van der Waals surface area (Å²) in [5.74, 6) is 1.14. The Kier molecular flexibility index (Phi) is 9.41. The smallest absolute Gasteiger partial charge is 0.272 e. The van der Waals surface area contributed by atoms with Crippen molar-refractivity contribution in [3.05, 3.63) is 35.2 Å². The molecular weight excluding hydrogens is 558 g/mol. The normalized spacial score (nSPS) is 21.0. The fourth-order valence-electron chi connectivity index (χ4n) is 6.02. The van der Waals surface area contributed by atoms with Crippen molar-refractivity contribution in [2.75, 3.05) is 39.4 Å². The van der Waals surface area contributed by atoms with E-state index in [0.29, 0.717) is 68.7 Å². The number of aryl methyl sites for hydroxylation is 1. The van der Waals surface area contributed by atoms with E-state index < -0.39 is 10.0 Å². The van der Waals surface area contributed by atoms with Gasteiger partial charge in [0.1, 0.15) is 0 Å². The minimum Gasteiger partial charge on any atom is -0.490 e. The predicted molar refractivity (Wildman–Crippen MR) is 157 cm³/mol. The lowest BCUT2D eigenvalue weighted by molar-refractivity contribution is -0.134. The van der Waals surface area contributed by atoms with Gasteiger partial charge in [0.25, 0.3) is 5.91 Å². The van der Waals surface area contributed by atoms with Crippen LogP contribution in [0.15, 0.2) is 23.1 Å². The van der Waals surface area contributed by atoms with Gasteiger partial charge in [-0.15, -0.1) is 0 Å². The number of carbonyl (C=O) groups excluding carboxylic acids is 2. The largest absolute Gasteiger partial charge is 0.490 e. The van der Waals surface area contributed by atoms with Gasteiger partial charge >= 0.3 is 0 Å². The van der Waals surface area contributed by atoms with Crippen LogP contribution in [0.1, 0.15) is 74.1 Å². The van der Waals surface area contributed by atoms with Gasteiger partial charge in [-0.1, -0.05) is 13.8 Å². The van der Waals surface area contributed by atoms with Gasteiger partial charge in [0.15, 0.2) is 17.2 Å². The van der Waals surface area contributed by atoms with Crippen molar-refractivity contribution in [1.29, 1.82) is 0 Å². The molecule has 5 rings (SSSR count). The maximum Gasteiger partial charge on any atom is 0.272 e. The van der Waals surface area contributed by atoms with E-state index in [2.05, 4.69) is 24.3 Å². The summed E-state index contributed by atoms with van der Waals surface area (Å²) >= 11 is 0. The SMILES string of the molecule is CC(C)CCN1C(=O)CCCN(S(=O)(=O)c2ccc3c(c2)OCCCO3)CCCNC(=O)c2nn(C)c3c2CC1CC3. The molecule has 3 aliphatic rings. The fourth-order valence-corrected chi connectivity index (χ4v) is 7.56. The van der Waals surface area contributed by atoms with Gasteiger partial charge in [-0.2, -0.15) is 9.40 Å². The Morgan fingerprint density at radius 2 is 1.81 bits per heavy atom. The second-order valence-electron chi connectivity index (χ2n) is 11.8. The number of hydrogen-bond acceptors (Lipinski definition) is 7. The van der Waals surface area contributed by atoms with Crippen LogP contribution in [0.2, 0.25) is 0 Å². The van der Waals surface area contributed by atoms with E-state index in [-0.39, 0.29) is 42.3 Å². The minimum atomic E-state index is -3.89. The predicted octanol–water partition coefficient (Wildman–Crippen LogP) is 2.92. The van der Waals surface area contributed by atoms with Crippen molar-refractivity contribution in [1.82, 2.24) is 24.3 Å². The molecule has 3 heterocycles. The lowest BCUT2D eigenvalue weighted by atomic mass is 9.89. The van der Waals surface area contributed by atoms with Crippen LogP contribution in [-0.2, 0) is 34.7 Å². The Balaban J connectivity index is 1.41. The zero-order valence-corrected chi connectivity index (χ0v) is 25.7. The lowest BCUT2D eigenvalue weighted by Crippen LogP contribution is -2.45. The highest BCUT2D eigenvalue weighted by Crippen LogP contribution is 2.33. The highest BCUT2D eigenvalue weighted by atomic mass is 32.2. The molecule has 1 aliphatic carbocycles. The number of hydrogen-bond donors (Lipinski definition) is 1. The third-order valence-corrected chi connectivity index (χ3v) is 10.3. The first-order valence-corrected chi connectivity index (χ1v) is 16.6. The van der Waals surface area contributed by atoms with Crippen LogP contribution in [0.4, 0.5) is 0 Å². The van der Waals surface area contributed by atoms with E-state index in [1.807, 2.05) is 11.9 Å². The van der Waals surface area contributed by atoms with E-state index in [1.54, 1.807) is 16.8 Å². The van der Waals surface area contributed by atoms with Crippen molar-refractivity contribution < 1.29 is 27.5 Å². The van der Waals surface area contributed by atoms with Gasteiger partial charge < -0.3 is 19.7 Å². The Morgan fingerprint density at radius 3 is 2.60 bits per heavy atom. The van der Waals surface area contributed by atoms with Crippen LogP contribution in [-0.4, -0.2) is 84.7 Å².